The summed E-state index contributed by atoms with van der Waals surface area (Å²) in [4.78, 5) is 0. The minimum atomic E-state index is 1.12. The summed E-state index contributed by atoms with van der Waals surface area (Å²) in [6.07, 6.45) is 36.8. The number of hydrogen-bond acceptors (Lipinski definition) is 0. The molecule has 0 N–H and O–H groups in total. The first-order valence-electron chi connectivity index (χ1n) is 39.0. The normalized spacial score (nSPS) is 12.2. The van der Waals surface area contributed by atoms with Crippen molar-refractivity contribution >= 4 is 86.2 Å². The molecule has 0 saturated heterocycles. The Morgan fingerprint density at radius 2 is 0.250 bits per heavy atom. The number of fused-ring (bicyclic) bond motifs is 8. The smallest absolute Gasteiger partial charge is 0.00139 e. The molecule has 0 amide bonds. The number of aryl methyl sites for hydroxylation is 8. The SMILES string of the molecule is CCCc1c(CCC)c(CCC)c2cc3c(-c4c5cc6c(CCC)c(CCC)c(CCC)c(CCC)c6cc5cc5cc6c(CCC)c(CCC)c(CCC)c(CCC)c6cc45)c4cc5c(CCC)c(CCC)c(CCC)c(CCC)c5cc4cc3cc2c1CCC. The first kappa shape index (κ1) is 69.1. The van der Waals surface area contributed by atoms with E-state index in [1.165, 1.54) is 149 Å². The Kier molecular flexibility index (Phi) is 23.8. The van der Waals surface area contributed by atoms with Crippen molar-refractivity contribution in [3.8, 4) is 11.1 Å². The lowest BCUT2D eigenvalue weighted by molar-refractivity contribution is 0.810. The molecule has 0 bridgehead atoms. The zero-order valence-corrected chi connectivity index (χ0v) is 61.4. The molecule has 0 nitrogen and oxygen atoms in total. The van der Waals surface area contributed by atoms with Crippen molar-refractivity contribution in [3.63, 3.8) is 0 Å². The van der Waals surface area contributed by atoms with Crippen LogP contribution in [-0.4, -0.2) is 0 Å². The predicted molar refractivity (Wildman–Crippen MR) is 416 cm³/mol. The van der Waals surface area contributed by atoms with Crippen molar-refractivity contribution in [2.75, 3.05) is 0 Å². The third-order valence-corrected chi connectivity index (χ3v) is 21.7. The van der Waals surface area contributed by atoms with E-state index in [1.54, 1.807) is 89.0 Å². The lowest BCUT2D eigenvalue weighted by atomic mass is 9.77. The molecule has 0 aliphatic heterocycles. The van der Waals surface area contributed by atoms with E-state index < -0.39 is 0 Å². The standard InChI is InChI=1S/C92H122/c1-17-33-63-67(37-21-5)75(45-29-13)87-55-79-59(51-83(87)71(63)41-25-9)49-60-52-84-72(42-26-10)64(34-18-2)68(38-22-6)76(46-30-14)88(84)56-80(60)91(79)92-81-57-89-77(47-31-15)69(39-23-7)65(35-19-3)73(43-27-11)85(89)53-61(81)50-62-54-86-74(44-28-12)66(36-20-4)70(40-24-8)78(48-32-16)90(86)58-82(62)92/h49-58H,17-48H2,1-16H3. The summed E-state index contributed by atoms with van der Waals surface area (Å²) in [7, 11) is 0. The molecule has 0 heterocycles. The van der Waals surface area contributed by atoms with Crippen LogP contribution in [0.2, 0.25) is 0 Å². The van der Waals surface area contributed by atoms with Gasteiger partial charge in [-0.2, -0.15) is 0 Å². The quantitative estimate of drug-likeness (QED) is 0.0360. The van der Waals surface area contributed by atoms with Crippen LogP contribution in [0.5, 0.6) is 0 Å². The summed E-state index contributed by atoms with van der Waals surface area (Å²) >= 11 is 0. The summed E-state index contributed by atoms with van der Waals surface area (Å²) in [5.74, 6) is 0. The van der Waals surface area contributed by atoms with E-state index in [2.05, 4.69) is 171 Å². The van der Waals surface area contributed by atoms with Crippen LogP contribution >= 0.6 is 0 Å². The van der Waals surface area contributed by atoms with E-state index in [9.17, 15) is 0 Å². The second-order valence-corrected chi connectivity index (χ2v) is 28.6. The van der Waals surface area contributed by atoms with Gasteiger partial charge in [-0.25, -0.2) is 0 Å². The van der Waals surface area contributed by atoms with Gasteiger partial charge in [-0.15, -0.1) is 0 Å². The van der Waals surface area contributed by atoms with Gasteiger partial charge in [-0.3, -0.25) is 0 Å². The van der Waals surface area contributed by atoms with Gasteiger partial charge in [0.15, 0.2) is 0 Å². The van der Waals surface area contributed by atoms with Crippen LogP contribution in [0.4, 0.5) is 0 Å². The number of benzene rings is 10. The van der Waals surface area contributed by atoms with Gasteiger partial charge >= 0.3 is 0 Å². The Morgan fingerprint density at radius 3 is 0.380 bits per heavy atom. The van der Waals surface area contributed by atoms with Crippen molar-refractivity contribution in [2.24, 2.45) is 0 Å². The van der Waals surface area contributed by atoms with Crippen LogP contribution in [0, 0.1) is 0 Å². The first-order chi connectivity index (χ1) is 45.0. The molecule has 0 radical (unpaired) electrons. The summed E-state index contributed by atoms with van der Waals surface area (Å²) in [5.41, 5.74) is 29.5. The minimum absolute atomic E-state index is 1.12. The highest BCUT2D eigenvalue weighted by Crippen LogP contribution is 2.51. The molecule has 0 atom stereocenters. The lowest BCUT2D eigenvalue weighted by Crippen LogP contribution is -2.08. The largest absolute Gasteiger partial charge is 0.0651 e. The van der Waals surface area contributed by atoms with Gasteiger partial charge in [0.2, 0.25) is 0 Å². The second-order valence-electron chi connectivity index (χ2n) is 28.6. The average Bonchev–Trinajstić information content (AvgIpc) is 0.707. The van der Waals surface area contributed by atoms with Crippen molar-refractivity contribution in [1.29, 1.82) is 0 Å². The third-order valence-electron chi connectivity index (χ3n) is 21.7. The van der Waals surface area contributed by atoms with Gasteiger partial charge < -0.3 is 0 Å². The Labute approximate surface area is 559 Å². The molecular formula is C92H122. The summed E-state index contributed by atoms with van der Waals surface area (Å²) in [5, 5.41) is 23.7. The van der Waals surface area contributed by atoms with Crippen LogP contribution < -0.4 is 0 Å². The summed E-state index contributed by atoms with van der Waals surface area (Å²) < 4.78 is 0. The maximum absolute atomic E-state index is 2.83. The Hall–Kier alpha value is -5.72. The monoisotopic (exact) mass is 1230 g/mol. The highest BCUT2D eigenvalue weighted by molar-refractivity contribution is 6.28. The summed E-state index contributed by atoms with van der Waals surface area (Å²) in [6.45, 7) is 38.9. The van der Waals surface area contributed by atoms with E-state index in [0.29, 0.717) is 0 Å². The van der Waals surface area contributed by atoms with E-state index in [1.807, 2.05) is 0 Å². The van der Waals surface area contributed by atoms with Crippen molar-refractivity contribution in [1.82, 2.24) is 0 Å². The molecule has 0 unspecified atom stereocenters. The van der Waals surface area contributed by atoms with Crippen LogP contribution in [-0.2, 0) is 103 Å². The van der Waals surface area contributed by atoms with Gasteiger partial charge in [0.05, 0.1) is 0 Å². The molecule has 0 heteroatoms. The molecular weight excluding hydrogens is 1110 g/mol. The highest BCUT2D eigenvalue weighted by Gasteiger charge is 2.28. The lowest BCUT2D eigenvalue weighted by Gasteiger charge is -2.27. The zero-order valence-electron chi connectivity index (χ0n) is 61.4. The van der Waals surface area contributed by atoms with E-state index in [0.717, 1.165) is 154 Å². The molecule has 10 aromatic rings. The third kappa shape index (κ3) is 12.7. The minimum Gasteiger partial charge on any atom is -0.0651 e. The molecule has 0 aliphatic rings. The van der Waals surface area contributed by atoms with Gasteiger partial charge in [0.25, 0.3) is 0 Å². The molecule has 490 valence electrons. The fraction of sp³-hybridized carbons (Fsp3) is 0.522. The number of hydrogen-bond donors (Lipinski definition) is 0. The van der Waals surface area contributed by atoms with Gasteiger partial charge in [-0.1, -0.05) is 214 Å². The molecule has 0 aromatic heterocycles. The molecule has 10 aromatic carbocycles. The van der Waals surface area contributed by atoms with Gasteiger partial charge in [0, 0.05) is 0 Å². The Morgan fingerprint density at radius 1 is 0.130 bits per heavy atom. The fourth-order valence-electron chi connectivity index (χ4n) is 18.4. The molecule has 92 heavy (non-hydrogen) atoms. The van der Waals surface area contributed by atoms with Crippen LogP contribution in [0.3, 0.4) is 0 Å². The first-order valence-corrected chi connectivity index (χ1v) is 39.0. The molecule has 0 aliphatic carbocycles. The highest BCUT2D eigenvalue weighted by atomic mass is 14.3. The van der Waals surface area contributed by atoms with Crippen molar-refractivity contribution in [3.05, 3.63) is 150 Å². The van der Waals surface area contributed by atoms with Crippen LogP contribution in [0.1, 0.15) is 303 Å². The topological polar surface area (TPSA) is 0 Å². The Bertz CT molecular complexity index is 3740. The molecule has 0 fully saturated rings. The predicted octanol–water partition coefficient (Wildman–Crippen LogP) is 27.8. The zero-order chi connectivity index (χ0) is 65.3. The van der Waals surface area contributed by atoms with E-state index in [-0.39, 0.29) is 0 Å². The second kappa shape index (κ2) is 31.7. The summed E-state index contributed by atoms with van der Waals surface area (Å²) in [6, 6.07) is 27.8. The van der Waals surface area contributed by atoms with Gasteiger partial charge in [0.1, 0.15) is 0 Å². The molecule has 0 saturated carbocycles. The number of rotatable bonds is 33. The molecule has 0 spiro atoms. The van der Waals surface area contributed by atoms with Crippen LogP contribution in [0.15, 0.2) is 60.7 Å². The van der Waals surface area contributed by atoms with E-state index in [4.69, 9.17) is 0 Å². The fourth-order valence-corrected chi connectivity index (χ4v) is 18.4. The van der Waals surface area contributed by atoms with Crippen molar-refractivity contribution < 1.29 is 0 Å². The average molecular weight is 1230 g/mol. The molecule has 10 rings (SSSR count). The maximum atomic E-state index is 2.83. The van der Waals surface area contributed by atoms with Gasteiger partial charge in [-0.05, 0) is 350 Å². The Balaban J connectivity index is 1.59. The maximum Gasteiger partial charge on any atom is -0.00139 e. The van der Waals surface area contributed by atoms with Crippen LogP contribution in [0.25, 0.3) is 97.3 Å². The van der Waals surface area contributed by atoms with E-state index >= 15 is 0 Å². The van der Waals surface area contributed by atoms with Crippen molar-refractivity contribution in [2.45, 2.75) is 316 Å².